The molecule has 0 saturated carbocycles. The van der Waals surface area contributed by atoms with Crippen molar-refractivity contribution in [3.05, 3.63) is 0 Å². The average molecular weight is 177 g/mol. The third-order valence-corrected chi connectivity index (χ3v) is 3.01. The molecule has 3 heteroatoms. The number of nitrogens with one attached hydrogen (secondary N) is 1. The maximum atomic E-state index is 3.44. The Morgan fingerprint density at radius 2 is 2.18 bits per heavy atom. The number of piperidine rings is 1. The van der Waals surface area contributed by atoms with E-state index in [2.05, 4.69) is 17.3 Å². The van der Waals surface area contributed by atoms with E-state index in [0.717, 1.165) is 12.0 Å². The Morgan fingerprint density at radius 1 is 1.36 bits per heavy atom. The van der Waals surface area contributed by atoms with Crippen molar-refractivity contribution in [1.82, 2.24) is 10.2 Å². The van der Waals surface area contributed by atoms with Crippen molar-refractivity contribution in [2.75, 3.05) is 26.7 Å². The fraction of sp³-hybridized carbons (Fsp3) is 1.00. The van der Waals surface area contributed by atoms with Gasteiger partial charge in [-0.2, -0.15) is 0 Å². The monoisotopic (exact) mass is 176 g/mol. The smallest absolute Gasteiger partial charge is 0.0246 e. The molecule has 66 valence electrons. The number of hydrogen-bond acceptors (Lipinski definition) is 2. The molecule has 1 N–H and O–H groups in total. The maximum Gasteiger partial charge on any atom is 0.0246 e. The lowest BCUT2D eigenvalue weighted by atomic mass is 9.94. The number of rotatable bonds is 0. The van der Waals surface area contributed by atoms with E-state index in [1.54, 1.807) is 0 Å². The van der Waals surface area contributed by atoms with Crippen molar-refractivity contribution in [3.63, 3.8) is 0 Å². The van der Waals surface area contributed by atoms with E-state index < -0.39 is 0 Å². The summed E-state index contributed by atoms with van der Waals surface area (Å²) >= 11 is 0. The minimum Gasteiger partial charge on any atom is -0.315 e. The fourth-order valence-electron chi connectivity index (χ4n) is 2.28. The number of likely N-dealkylation sites (tertiary alicyclic amines) is 1. The number of likely N-dealkylation sites (N-methyl/N-ethyl adjacent to an activating group) is 1. The molecule has 0 aromatic carbocycles. The van der Waals surface area contributed by atoms with Gasteiger partial charge in [0.2, 0.25) is 0 Å². The molecule has 2 saturated heterocycles. The number of fused-ring (bicyclic) bond motifs is 1. The zero-order valence-corrected chi connectivity index (χ0v) is 7.86. The number of halogens is 1. The van der Waals surface area contributed by atoms with Crippen LogP contribution < -0.4 is 5.32 Å². The minimum absolute atomic E-state index is 0. The summed E-state index contributed by atoms with van der Waals surface area (Å²) in [5, 5.41) is 3.44. The molecule has 2 nitrogen and oxygen atoms in total. The van der Waals surface area contributed by atoms with Crippen molar-refractivity contribution in [1.29, 1.82) is 0 Å². The highest BCUT2D eigenvalue weighted by Gasteiger charge is 2.32. The van der Waals surface area contributed by atoms with Crippen LogP contribution >= 0.6 is 12.4 Å². The molecule has 2 atom stereocenters. The molecule has 0 radical (unpaired) electrons. The standard InChI is InChI=1S/C8H16N2.ClH/c1-10-5-3-7-2-4-9-6-8(7)10;/h7-9H,2-6H2,1H3;1H. The summed E-state index contributed by atoms with van der Waals surface area (Å²) in [4.78, 5) is 2.50. The third kappa shape index (κ3) is 1.68. The second kappa shape index (κ2) is 3.74. The highest BCUT2D eigenvalue weighted by Crippen LogP contribution is 2.26. The normalized spacial score (nSPS) is 37.9. The Hall–Kier alpha value is 0.210. The number of hydrogen-bond donors (Lipinski definition) is 1. The zero-order valence-electron chi connectivity index (χ0n) is 7.05. The lowest BCUT2D eigenvalue weighted by molar-refractivity contribution is 0.229. The van der Waals surface area contributed by atoms with E-state index in [9.17, 15) is 0 Å². The van der Waals surface area contributed by atoms with Crippen LogP contribution in [-0.4, -0.2) is 37.6 Å². The van der Waals surface area contributed by atoms with Gasteiger partial charge in [-0.15, -0.1) is 12.4 Å². The van der Waals surface area contributed by atoms with Crippen LogP contribution in [0.5, 0.6) is 0 Å². The Labute approximate surface area is 74.7 Å². The molecule has 2 unspecified atom stereocenters. The average Bonchev–Trinajstić information content (AvgIpc) is 2.34. The SMILES string of the molecule is CN1CCC2CCNCC21.Cl. The van der Waals surface area contributed by atoms with E-state index in [4.69, 9.17) is 0 Å². The Bertz CT molecular complexity index is 127. The van der Waals surface area contributed by atoms with Crippen LogP contribution in [0.1, 0.15) is 12.8 Å². The van der Waals surface area contributed by atoms with Gasteiger partial charge in [0.15, 0.2) is 0 Å². The van der Waals surface area contributed by atoms with Crippen LogP contribution in [-0.2, 0) is 0 Å². The van der Waals surface area contributed by atoms with Gasteiger partial charge in [0.05, 0.1) is 0 Å². The molecule has 2 aliphatic rings. The summed E-state index contributed by atoms with van der Waals surface area (Å²) in [6.45, 7) is 3.78. The zero-order chi connectivity index (χ0) is 6.97. The first-order chi connectivity index (χ1) is 4.88. The van der Waals surface area contributed by atoms with Gasteiger partial charge < -0.3 is 10.2 Å². The highest BCUT2D eigenvalue weighted by molar-refractivity contribution is 5.85. The van der Waals surface area contributed by atoms with E-state index in [-0.39, 0.29) is 12.4 Å². The first-order valence-electron chi connectivity index (χ1n) is 4.29. The predicted octanol–water partition coefficient (Wildman–Crippen LogP) is 0.722. The molecular formula is C8H17ClN2. The molecule has 2 fully saturated rings. The van der Waals surface area contributed by atoms with E-state index in [1.165, 1.54) is 32.5 Å². The van der Waals surface area contributed by atoms with Gasteiger partial charge in [-0.25, -0.2) is 0 Å². The van der Waals surface area contributed by atoms with E-state index in [0.29, 0.717) is 0 Å². The topological polar surface area (TPSA) is 15.3 Å². The van der Waals surface area contributed by atoms with Crippen LogP contribution in [0.15, 0.2) is 0 Å². The van der Waals surface area contributed by atoms with Crippen molar-refractivity contribution in [2.45, 2.75) is 18.9 Å². The molecule has 0 spiro atoms. The van der Waals surface area contributed by atoms with Crippen molar-refractivity contribution in [3.8, 4) is 0 Å². The van der Waals surface area contributed by atoms with Gasteiger partial charge in [-0.1, -0.05) is 0 Å². The van der Waals surface area contributed by atoms with E-state index >= 15 is 0 Å². The van der Waals surface area contributed by atoms with Crippen molar-refractivity contribution >= 4 is 12.4 Å². The first-order valence-corrected chi connectivity index (χ1v) is 4.29. The van der Waals surface area contributed by atoms with Crippen LogP contribution in [0.2, 0.25) is 0 Å². The van der Waals surface area contributed by atoms with Crippen molar-refractivity contribution < 1.29 is 0 Å². The van der Waals surface area contributed by atoms with Gasteiger partial charge in [0.25, 0.3) is 0 Å². The van der Waals surface area contributed by atoms with Crippen molar-refractivity contribution in [2.24, 2.45) is 5.92 Å². The minimum atomic E-state index is 0. The second-order valence-electron chi connectivity index (χ2n) is 3.59. The lowest BCUT2D eigenvalue weighted by Gasteiger charge is -2.29. The lowest BCUT2D eigenvalue weighted by Crippen LogP contribution is -2.44. The first kappa shape index (κ1) is 9.30. The molecule has 0 bridgehead atoms. The molecule has 2 heterocycles. The largest absolute Gasteiger partial charge is 0.315 e. The van der Waals surface area contributed by atoms with Gasteiger partial charge in [-0.05, 0) is 38.9 Å². The molecule has 0 aromatic rings. The maximum absolute atomic E-state index is 3.44. The molecule has 2 rings (SSSR count). The summed E-state index contributed by atoms with van der Waals surface area (Å²) in [5.74, 6) is 1.01. The molecule has 2 aliphatic heterocycles. The van der Waals surface area contributed by atoms with Gasteiger partial charge >= 0.3 is 0 Å². The number of nitrogens with zero attached hydrogens (tertiary/aromatic N) is 1. The van der Waals surface area contributed by atoms with Crippen LogP contribution in [0.3, 0.4) is 0 Å². The van der Waals surface area contributed by atoms with Gasteiger partial charge in [-0.3, -0.25) is 0 Å². The third-order valence-electron chi connectivity index (χ3n) is 3.01. The molecule has 0 aromatic heterocycles. The molecule has 0 amide bonds. The summed E-state index contributed by atoms with van der Waals surface area (Å²) in [5.41, 5.74) is 0. The van der Waals surface area contributed by atoms with Crippen LogP contribution in [0, 0.1) is 5.92 Å². The summed E-state index contributed by atoms with van der Waals surface area (Å²) in [7, 11) is 2.25. The summed E-state index contributed by atoms with van der Waals surface area (Å²) < 4.78 is 0. The fourth-order valence-corrected chi connectivity index (χ4v) is 2.28. The Morgan fingerprint density at radius 3 is 2.91 bits per heavy atom. The van der Waals surface area contributed by atoms with Gasteiger partial charge in [0.1, 0.15) is 0 Å². The Kier molecular flexibility index (Phi) is 3.16. The van der Waals surface area contributed by atoms with Crippen LogP contribution in [0.25, 0.3) is 0 Å². The summed E-state index contributed by atoms with van der Waals surface area (Å²) in [6, 6.07) is 0.855. The van der Waals surface area contributed by atoms with Crippen LogP contribution in [0.4, 0.5) is 0 Å². The van der Waals surface area contributed by atoms with Gasteiger partial charge in [0, 0.05) is 12.6 Å². The van der Waals surface area contributed by atoms with E-state index in [1.807, 2.05) is 0 Å². The molecule has 0 aliphatic carbocycles. The molecule has 11 heavy (non-hydrogen) atoms. The predicted molar refractivity (Wildman–Crippen MR) is 49.3 cm³/mol. The highest BCUT2D eigenvalue weighted by atomic mass is 35.5. The summed E-state index contributed by atoms with van der Waals surface area (Å²) in [6.07, 6.45) is 2.83. The Balaban J connectivity index is 0.000000605. The second-order valence-corrected chi connectivity index (χ2v) is 3.59. The molecular weight excluding hydrogens is 160 g/mol. The quantitative estimate of drug-likeness (QED) is 0.586.